The summed E-state index contributed by atoms with van der Waals surface area (Å²) < 4.78 is 31.1. The van der Waals surface area contributed by atoms with Crippen LogP contribution in [0.25, 0.3) is 0 Å². The van der Waals surface area contributed by atoms with Crippen LogP contribution in [-0.2, 0) is 17.8 Å². The predicted octanol–water partition coefficient (Wildman–Crippen LogP) is 4.52. The summed E-state index contributed by atoms with van der Waals surface area (Å²) in [6, 6.07) is 15.4. The van der Waals surface area contributed by atoms with Gasteiger partial charge in [0.15, 0.2) is 0 Å². The maximum Gasteiger partial charge on any atom is 0.488 e. The predicted molar refractivity (Wildman–Crippen MR) is 137 cm³/mol. The smallest absolute Gasteiger partial charge is 0.423 e. The number of benzene rings is 2. The van der Waals surface area contributed by atoms with Crippen molar-refractivity contribution in [3.05, 3.63) is 65.2 Å². The fraction of sp³-hybridized carbons (Fsp3) is 0.552. The van der Waals surface area contributed by atoms with Crippen LogP contribution in [-0.4, -0.2) is 40.9 Å². The first-order chi connectivity index (χ1) is 17.1. The molecular formula is C29H36BF2NO3. The second-order valence-corrected chi connectivity index (χ2v) is 11.6. The minimum atomic E-state index is -2.72. The molecule has 0 aliphatic heterocycles. The van der Waals surface area contributed by atoms with Crippen LogP contribution in [0.2, 0.25) is 0 Å². The molecule has 2 aromatic rings. The zero-order valence-electron chi connectivity index (χ0n) is 21.2. The topological polar surface area (TPSA) is 60.8 Å². The highest BCUT2D eigenvalue weighted by molar-refractivity contribution is 6.58. The summed E-state index contributed by atoms with van der Waals surface area (Å²) in [4.78, 5) is 14.6. The zero-order chi connectivity index (χ0) is 25.7. The Kier molecular flexibility index (Phi) is 6.75. The van der Waals surface area contributed by atoms with Crippen molar-refractivity contribution in [2.45, 2.75) is 70.3 Å². The minimum absolute atomic E-state index is 0.00668. The van der Waals surface area contributed by atoms with Crippen molar-refractivity contribution in [2.24, 2.45) is 23.2 Å². The Morgan fingerprint density at radius 3 is 2.61 bits per heavy atom. The van der Waals surface area contributed by atoms with Gasteiger partial charge in [-0.2, -0.15) is 0 Å². The lowest BCUT2D eigenvalue weighted by Gasteiger charge is -2.51. The van der Waals surface area contributed by atoms with Gasteiger partial charge in [-0.3, -0.25) is 4.79 Å². The number of amides is 1. The molecule has 0 spiro atoms. The van der Waals surface area contributed by atoms with Crippen LogP contribution in [0.15, 0.2) is 48.5 Å². The van der Waals surface area contributed by atoms with E-state index >= 15 is 8.78 Å². The van der Waals surface area contributed by atoms with Crippen LogP contribution in [0, 0.1) is 23.2 Å². The highest BCUT2D eigenvalue weighted by atomic mass is 19.3. The fourth-order valence-corrected chi connectivity index (χ4v) is 7.73. The first kappa shape index (κ1) is 25.4. The first-order valence-electron chi connectivity index (χ1n) is 13.3. The third-order valence-corrected chi connectivity index (χ3v) is 9.58. The Morgan fingerprint density at radius 1 is 1.14 bits per heavy atom. The normalized spacial score (nSPS) is 30.2. The summed E-state index contributed by atoms with van der Waals surface area (Å²) in [7, 11) is 0.285. The second-order valence-electron chi connectivity index (χ2n) is 11.6. The lowest BCUT2D eigenvalue weighted by Crippen LogP contribution is -2.48. The lowest BCUT2D eigenvalue weighted by molar-refractivity contribution is -0.133. The van der Waals surface area contributed by atoms with E-state index in [1.807, 2.05) is 42.5 Å². The van der Waals surface area contributed by atoms with Crippen LogP contribution in [0.3, 0.4) is 0 Å². The van der Waals surface area contributed by atoms with E-state index in [0.717, 1.165) is 30.4 Å². The summed E-state index contributed by atoms with van der Waals surface area (Å²) in [5.41, 5.74) is 2.81. The molecule has 0 radical (unpaired) electrons. The molecule has 0 heterocycles. The van der Waals surface area contributed by atoms with Crippen molar-refractivity contribution >= 4 is 18.5 Å². The number of alkyl halides is 2. The molecule has 0 saturated heterocycles. The van der Waals surface area contributed by atoms with E-state index in [1.165, 1.54) is 5.56 Å². The Labute approximate surface area is 212 Å². The number of rotatable bonds is 6. The third kappa shape index (κ3) is 4.39. The molecule has 3 aliphatic rings. The van der Waals surface area contributed by atoms with Crippen LogP contribution in [0.5, 0.6) is 0 Å². The summed E-state index contributed by atoms with van der Waals surface area (Å²) in [5.74, 6) is -2.63. The van der Waals surface area contributed by atoms with Crippen molar-refractivity contribution in [3.63, 3.8) is 0 Å². The molecule has 192 valence electrons. The first-order valence-corrected chi connectivity index (χ1v) is 13.3. The number of fused-ring (bicyclic) bond motifs is 5. The van der Waals surface area contributed by atoms with Crippen molar-refractivity contribution < 1.29 is 23.6 Å². The Bertz CT molecular complexity index is 1110. The van der Waals surface area contributed by atoms with Crippen molar-refractivity contribution in [1.82, 2.24) is 4.90 Å². The molecule has 2 fully saturated rings. The Morgan fingerprint density at radius 2 is 1.89 bits per heavy atom. The fourth-order valence-electron chi connectivity index (χ4n) is 7.73. The number of nitrogens with zero attached hydrogens (tertiary/aromatic N) is 1. The van der Waals surface area contributed by atoms with Gasteiger partial charge in [0.1, 0.15) is 0 Å². The summed E-state index contributed by atoms with van der Waals surface area (Å²) >= 11 is 0. The van der Waals surface area contributed by atoms with Gasteiger partial charge in [-0.05, 0) is 77.9 Å². The molecule has 2 saturated carbocycles. The second kappa shape index (κ2) is 9.57. The molecule has 2 N–H and O–H groups in total. The molecule has 0 unspecified atom stereocenters. The monoisotopic (exact) mass is 495 g/mol. The lowest BCUT2D eigenvalue weighted by atomic mass is 9.53. The van der Waals surface area contributed by atoms with Gasteiger partial charge in [-0.25, -0.2) is 8.78 Å². The van der Waals surface area contributed by atoms with E-state index in [-0.39, 0.29) is 36.0 Å². The maximum absolute atomic E-state index is 15.5. The number of carbonyl (C=O) groups is 1. The summed E-state index contributed by atoms with van der Waals surface area (Å²) in [6.07, 6.45) is 3.47. The average Bonchev–Trinajstić information content (AvgIpc) is 3.07. The van der Waals surface area contributed by atoms with E-state index in [2.05, 4.69) is 0 Å². The highest BCUT2D eigenvalue weighted by Gasteiger charge is 2.67. The number of carbonyl (C=O) groups excluding carboxylic acids is 1. The van der Waals surface area contributed by atoms with Gasteiger partial charge in [0, 0.05) is 31.8 Å². The largest absolute Gasteiger partial charge is 0.488 e. The zero-order valence-corrected chi connectivity index (χ0v) is 21.2. The molecule has 3 aliphatic carbocycles. The molecule has 0 aromatic heterocycles. The van der Waals surface area contributed by atoms with E-state index in [9.17, 15) is 14.8 Å². The quantitative estimate of drug-likeness (QED) is 0.580. The van der Waals surface area contributed by atoms with Gasteiger partial charge in [0.25, 0.3) is 5.92 Å². The Hall–Kier alpha value is -2.25. The Balaban J connectivity index is 1.33. The third-order valence-electron chi connectivity index (χ3n) is 9.58. The van der Waals surface area contributed by atoms with Crippen molar-refractivity contribution in [3.8, 4) is 0 Å². The van der Waals surface area contributed by atoms with Gasteiger partial charge in [-0.15, -0.1) is 0 Å². The van der Waals surface area contributed by atoms with E-state index in [0.29, 0.717) is 31.3 Å². The van der Waals surface area contributed by atoms with Crippen LogP contribution < -0.4 is 5.46 Å². The van der Waals surface area contributed by atoms with Gasteiger partial charge < -0.3 is 14.9 Å². The van der Waals surface area contributed by atoms with Gasteiger partial charge in [0.2, 0.25) is 5.91 Å². The minimum Gasteiger partial charge on any atom is -0.423 e. The van der Waals surface area contributed by atoms with E-state index in [1.54, 1.807) is 24.9 Å². The van der Waals surface area contributed by atoms with E-state index in [4.69, 9.17) is 0 Å². The van der Waals surface area contributed by atoms with E-state index < -0.39 is 18.5 Å². The van der Waals surface area contributed by atoms with Crippen molar-refractivity contribution in [2.75, 3.05) is 7.05 Å². The summed E-state index contributed by atoms with van der Waals surface area (Å²) in [6.45, 7) is 2.31. The number of aryl methyl sites for hydroxylation is 1. The molecule has 1 amide bonds. The molecule has 2 aromatic carbocycles. The molecule has 36 heavy (non-hydrogen) atoms. The number of halogens is 2. The molecular weight excluding hydrogens is 459 g/mol. The van der Waals surface area contributed by atoms with Gasteiger partial charge in [0.05, 0.1) is 0 Å². The van der Waals surface area contributed by atoms with Crippen molar-refractivity contribution in [1.29, 1.82) is 0 Å². The molecule has 7 heteroatoms. The van der Waals surface area contributed by atoms with Gasteiger partial charge >= 0.3 is 7.12 Å². The van der Waals surface area contributed by atoms with Gasteiger partial charge in [-0.1, -0.05) is 55.5 Å². The maximum atomic E-state index is 15.5. The van der Waals surface area contributed by atoms with Crippen LogP contribution >= 0.6 is 0 Å². The molecule has 0 bridgehead atoms. The number of hydrogen-bond donors (Lipinski definition) is 2. The number of hydrogen-bond acceptors (Lipinski definition) is 3. The SMILES string of the molecule is CN(Cc1ccccc1)C(=O)CC[C@@H]1CC(F)(F)[C@@]2(C)CC[C@@H]3c4ccc(B(O)O)cc4CC[C@H]3[C@H]12. The standard InChI is InChI=1S/C29H36BF2NO3/c1-28-15-14-24-23-12-10-22(30(35)36)16-20(23)8-11-25(24)27(28)21(17-29(28,31)32)9-13-26(34)33(2)18-19-6-4-3-5-7-19/h3-7,10,12,16,21,24-25,27,35-36H,8-9,11,13-15,17-18H2,1-2H3/t21-,24-,25-,27+,28+/m1/s1. The van der Waals surface area contributed by atoms with Crippen LogP contribution in [0.4, 0.5) is 8.78 Å². The highest BCUT2D eigenvalue weighted by Crippen LogP contribution is 2.68. The van der Waals surface area contributed by atoms with Crippen LogP contribution in [0.1, 0.15) is 68.1 Å². The molecule has 5 atom stereocenters. The average molecular weight is 495 g/mol. The molecule has 5 rings (SSSR count). The molecule has 4 nitrogen and oxygen atoms in total. The summed E-state index contributed by atoms with van der Waals surface area (Å²) in [5, 5.41) is 19.1.